The number of aromatic nitrogens is 2. The SMILES string of the molecule is C=C(OCC)c1ccnc2c1ccn2C(=O)OC. The highest BCUT2D eigenvalue weighted by molar-refractivity contribution is 5.93. The van der Waals surface area contributed by atoms with E-state index < -0.39 is 6.09 Å². The van der Waals surface area contributed by atoms with E-state index in [2.05, 4.69) is 16.3 Å². The van der Waals surface area contributed by atoms with Crippen molar-refractivity contribution < 1.29 is 14.3 Å². The van der Waals surface area contributed by atoms with E-state index in [9.17, 15) is 4.79 Å². The molecule has 0 atom stereocenters. The van der Waals surface area contributed by atoms with Gasteiger partial charge in [-0.15, -0.1) is 0 Å². The fourth-order valence-electron chi connectivity index (χ4n) is 1.78. The van der Waals surface area contributed by atoms with Crippen molar-refractivity contribution in [2.24, 2.45) is 0 Å². The third kappa shape index (κ3) is 1.95. The van der Waals surface area contributed by atoms with Crippen LogP contribution in [0, 0.1) is 0 Å². The fourth-order valence-corrected chi connectivity index (χ4v) is 1.78. The van der Waals surface area contributed by atoms with Crippen molar-refractivity contribution in [3.8, 4) is 0 Å². The van der Waals surface area contributed by atoms with Crippen LogP contribution < -0.4 is 0 Å². The lowest BCUT2D eigenvalue weighted by atomic mass is 10.1. The summed E-state index contributed by atoms with van der Waals surface area (Å²) >= 11 is 0. The molecule has 0 unspecified atom stereocenters. The minimum atomic E-state index is -0.475. The van der Waals surface area contributed by atoms with Gasteiger partial charge in [0.25, 0.3) is 0 Å². The van der Waals surface area contributed by atoms with E-state index in [0.29, 0.717) is 18.0 Å². The summed E-state index contributed by atoms with van der Waals surface area (Å²) < 4.78 is 11.4. The second-order valence-electron chi connectivity index (χ2n) is 3.61. The van der Waals surface area contributed by atoms with Crippen molar-refractivity contribution in [2.75, 3.05) is 13.7 Å². The zero-order chi connectivity index (χ0) is 13.1. The Morgan fingerprint density at radius 3 is 2.94 bits per heavy atom. The topological polar surface area (TPSA) is 53.4 Å². The Labute approximate surface area is 105 Å². The molecule has 0 saturated carbocycles. The summed E-state index contributed by atoms with van der Waals surface area (Å²) in [5, 5.41) is 0.807. The van der Waals surface area contributed by atoms with Crippen LogP contribution in [-0.4, -0.2) is 29.4 Å². The molecule has 18 heavy (non-hydrogen) atoms. The zero-order valence-electron chi connectivity index (χ0n) is 10.3. The number of pyridine rings is 1. The highest BCUT2D eigenvalue weighted by atomic mass is 16.5. The van der Waals surface area contributed by atoms with Crippen molar-refractivity contribution in [3.05, 3.63) is 36.7 Å². The molecule has 2 aromatic heterocycles. The predicted octanol–water partition coefficient (Wildman–Crippen LogP) is 2.66. The molecule has 0 aliphatic carbocycles. The van der Waals surface area contributed by atoms with Crippen molar-refractivity contribution in [1.82, 2.24) is 9.55 Å². The molecular formula is C13H14N2O3. The highest BCUT2D eigenvalue weighted by Crippen LogP contribution is 2.24. The first-order valence-electron chi connectivity index (χ1n) is 5.55. The van der Waals surface area contributed by atoms with Gasteiger partial charge in [-0.25, -0.2) is 14.3 Å². The highest BCUT2D eigenvalue weighted by Gasteiger charge is 2.13. The van der Waals surface area contributed by atoms with Gasteiger partial charge >= 0.3 is 6.09 Å². The van der Waals surface area contributed by atoms with E-state index in [0.717, 1.165) is 10.9 Å². The average Bonchev–Trinajstić information content (AvgIpc) is 2.81. The minimum Gasteiger partial charge on any atom is -0.494 e. The quantitative estimate of drug-likeness (QED) is 0.781. The average molecular weight is 246 g/mol. The predicted molar refractivity (Wildman–Crippen MR) is 68.2 cm³/mol. The van der Waals surface area contributed by atoms with E-state index in [1.54, 1.807) is 18.5 Å². The molecule has 0 radical (unpaired) electrons. The van der Waals surface area contributed by atoms with Crippen molar-refractivity contribution in [2.45, 2.75) is 6.92 Å². The maximum absolute atomic E-state index is 11.5. The summed E-state index contributed by atoms with van der Waals surface area (Å²) in [7, 11) is 1.33. The van der Waals surface area contributed by atoms with Crippen LogP contribution in [0.2, 0.25) is 0 Å². The van der Waals surface area contributed by atoms with Gasteiger partial charge in [0, 0.05) is 23.3 Å². The van der Waals surface area contributed by atoms with Crippen LogP contribution in [0.3, 0.4) is 0 Å². The third-order valence-corrected chi connectivity index (χ3v) is 2.58. The molecule has 0 aliphatic rings. The van der Waals surface area contributed by atoms with Gasteiger partial charge in [-0.3, -0.25) is 0 Å². The Morgan fingerprint density at radius 2 is 2.28 bits per heavy atom. The van der Waals surface area contributed by atoms with E-state index in [1.807, 2.05) is 13.0 Å². The molecule has 2 heterocycles. The van der Waals surface area contributed by atoms with Gasteiger partial charge < -0.3 is 9.47 Å². The van der Waals surface area contributed by atoms with Gasteiger partial charge in [-0.1, -0.05) is 6.58 Å². The number of hydrogen-bond donors (Lipinski definition) is 0. The maximum atomic E-state index is 11.5. The Hall–Kier alpha value is -2.30. The summed E-state index contributed by atoms with van der Waals surface area (Å²) in [5.41, 5.74) is 1.35. The molecule has 5 nitrogen and oxygen atoms in total. The van der Waals surface area contributed by atoms with Gasteiger partial charge in [-0.05, 0) is 19.1 Å². The van der Waals surface area contributed by atoms with E-state index in [1.165, 1.54) is 11.7 Å². The molecule has 5 heteroatoms. The Bertz CT molecular complexity index is 601. The van der Waals surface area contributed by atoms with E-state index in [-0.39, 0.29) is 0 Å². The number of carbonyl (C=O) groups is 1. The standard InChI is InChI=1S/C13H14N2O3/c1-4-18-9(2)10-5-7-14-12-11(10)6-8-15(12)13(16)17-3/h5-8H,2,4H2,1,3H3. The van der Waals surface area contributed by atoms with Crippen molar-refractivity contribution >= 4 is 22.9 Å². The third-order valence-electron chi connectivity index (χ3n) is 2.58. The van der Waals surface area contributed by atoms with E-state index >= 15 is 0 Å². The van der Waals surface area contributed by atoms with Crippen LogP contribution in [-0.2, 0) is 9.47 Å². The normalized spacial score (nSPS) is 10.3. The van der Waals surface area contributed by atoms with Crippen molar-refractivity contribution in [1.29, 1.82) is 0 Å². The smallest absolute Gasteiger partial charge is 0.419 e. The van der Waals surface area contributed by atoms with Crippen LogP contribution in [0.1, 0.15) is 12.5 Å². The lowest BCUT2D eigenvalue weighted by Gasteiger charge is -2.08. The van der Waals surface area contributed by atoms with Gasteiger partial charge in [0.1, 0.15) is 11.4 Å². The first-order valence-corrected chi connectivity index (χ1v) is 5.55. The molecule has 0 amide bonds. The largest absolute Gasteiger partial charge is 0.494 e. The number of carbonyl (C=O) groups excluding carboxylic acids is 1. The monoisotopic (exact) mass is 246 g/mol. The summed E-state index contributed by atoms with van der Waals surface area (Å²) in [6.07, 6.45) is 2.75. The molecule has 94 valence electrons. The number of methoxy groups -OCH3 is 1. The lowest BCUT2D eigenvalue weighted by Crippen LogP contribution is -2.10. The van der Waals surface area contributed by atoms with Crippen LogP contribution in [0.4, 0.5) is 4.79 Å². The first kappa shape index (κ1) is 12.2. The Morgan fingerprint density at radius 1 is 1.50 bits per heavy atom. The number of ether oxygens (including phenoxy) is 2. The first-order chi connectivity index (χ1) is 8.69. The van der Waals surface area contributed by atoms with Gasteiger partial charge in [-0.2, -0.15) is 0 Å². The molecule has 0 fully saturated rings. The van der Waals surface area contributed by atoms with Crippen molar-refractivity contribution in [3.63, 3.8) is 0 Å². The molecule has 0 aliphatic heterocycles. The summed E-state index contributed by atoms with van der Waals surface area (Å²) in [4.78, 5) is 15.7. The summed E-state index contributed by atoms with van der Waals surface area (Å²) in [6, 6.07) is 3.60. The van der Waals surface area contributed by atoms with E-state index in [4.69, 9.17) is 4.74 Å². The molecule has 2 rings (SSSR count). The molecule has 2 aromatic rings. The number of nitrogens with zero attached hydrogens (tertiary/aromatic N) is 2. The number of hydrogen-bond acceptors (Lipinski definition) is 4. The molecule has 0 spiro atoms. The van der Waals surface area contributed by atoms with Gasteiger partial charge in [0.2, 0.25) is 0 Å². The van der Waals surface area contributed by atoms with Crippen LogP contribution in [0.5, 0.6) is 0 Å². The number of rotatable bonds is 3. The second-order valence-corrected chi connectivity index (χ2v) is 3.61. The van der Waals surface area contributed by atoms with Gasteiger partial charge in [0.05, 0.1) is 13.7 Å². The molecule has 0 saturated heterocycles. The molecular weight excluding hydrogens is 232 g/mol. The fraction of sp³-hybridized carbons (Fsp3) is 0.231. The summed E-state index contributed by atoms with van der Waals surface area (Å²) in [6.45, 7) is 6.30. The summed E-state index contributed by atoms with van der Waals surface area (Å²) in [5.74, 6) is 0.563. The van der Waals surface area contributed by atoms with Crippen LogP contribution >= 0.6 is 0 Å². The molecule has 0 bridgehead atoms. The molecule has 0 aromatic carbocycles. The second kappa shape index (κ2) is 4.91. The zero-order valence-corrected chi connectivity index (χ0v) is 10.3. The van der Waals surface area contributed by atoms with Crippen LogP contribution in [0.25, 0.3) is 16.8 Å². The van der Waals surface area contributed by atoms with Crippen LogP contribution in [0.15, 0.2) is 31.1 Å². The lowest BCUT2D eigenvalue weighted by molar-refractivity contribution is 0.174. The Balaban J connectivity index is 2.55. The minimum absolute atomic E-state index is 0.475. The molecule has 0 N–H and O–H groups in total. The number of fused-ring (bicyclic) bond motifs is 1. The Kier molecular flexibility index (Phi) is 3.32. The van der Waals surface area contributed by atoms with Gasteiger partial charge in [0.15, 0.2) is 0 Å². The maximum Gasteiger partial charge on any atom is 0.419 e.